The van der Waals surface area contributed by atoms with Gasteiger partial charge in [0, 0.05) is 49.3 Å². The molecule has 0 amide bonds. The number of fused-ring (bicyclic) bond motifs is 10. The summed E-state index contributed by atoms with van der Waals surface area (Å²) < 4.78 is 13.2. The summed E-state index contributed by atoms with van der Waals surface area (Å²) in [5.74, 6) is 0. The summed E-state index contributed by atoms with van der Waals surface area (Å²) in [7, 11) is 0. The quantitative estimate of drug-likeness (QED) is 0.169. The van der Waals surface area contributed by atoms with Crippen molar-refractivity contribution in [3.63, 3.8) is 0 Å². The lowest BCUT2D eigenvalue weighted by Crippen LogP contribution is -2.11. The number of para-hydroxylation sites is 1. The third-order valence-electron chi connectivity index (χ3n) is 11.9. The molecule has 12 rings (SSSR count). The molecule has 0 aliphatic carbocycles. The number of hydrogen-bond acceptors (Lipinski definition) is 3. The largest absolute Gasteiger partial charge is 0.455 e. The molecule has 10 aromatic carbocycles. The van der Waals surface area contributed by atoms with Crippen molar-refractivity contribution in [1.29, 1.82) is 0 Å². The summed E-state index contributed by atoms with van der Waals surface area (Å²) in [6, 6.07) is 75.7. The second kappa shape index (κ2) is 13.4. The minimum atomic E-state index is 0.875. The molecule has 0 aliphatic rings. The van der Waals surface area contributed by atoms with Crippen LogP contribution in [0, 0.1) is 0 Å². The highest BCUT2D eigenvalue weighted by atomic mass is 16.3. The highest BCUT2D eigenvalue weighted by Crippen LogP contribution is 2.47. The Morgan fingerprint density at radius 3 is 1.54 bits per heavy atom. The Morgan fingerprint density at radius 2 is 0.847 bits per heavy atom. The number of rotatable bonds is 6. The van der Waals surface area contributed by atoms with E-state index >= 15 is 0 Å². The van der Waals surface area contributed by atoms with Gasteiger partial charge in [-0.3, -0.25) is 0 Å². The van der Waals surface area contributed by atoms with E-state index in [4.69, 9.17) is 8.83 Å². The molecule has 0 saturated heterocycles. The second-order valence-electron chi connectivity index (χ2n) is 15.2. The van der Waals surface area contributed by atoms with Gasteiger partial charge in [-0.25, -0.2) is 0 Å². The lowest BCUT2D eigenvalue weighted by atomic mass is 9.95. The monoisotopic (exact) mass is 753 g/mol. The smallest absolute Gasteiger partial charge is 0.143 e. The van der Waals surface area contributed by atoms with E-state index in [0.29, 0.717) is 0 Å². The van der Waals surface area contributed by atoms with Gasteiger partial charge in [0.25, 0.3) is 0 Å². The molecule has 3 heteroatoms. The first kappa shape index (κ1) is 33.3. The van der Waals surface area contributed by atoms with Crippen molar-refractivity contribution < 1.29 is 8.83 Å². The number of anilines is 3. The lowest BCUT2D eigenvalue weighted by molar-refractivity contribution is 0.672. The molecular formula is C56H35NO2. The molecule has 0 N–H and O–H groups in total. The van der Waals surface area contributed by atoms with Crippen LogP contribution < -0.4 is 4.90 Å². The van der Waals surface area contributed by atoms with Crippen LogP contribution in [0.15, 0.2) is 221 Å². The zero-order valence-corrected chi connectivity index (χ0v) is 32.0. The Hall–Kier alpha value is -7.88. The van der Waals surface area contributed by atoms with Crippen LogP contribution in [0.5, 0.6) is 0 Å². The summed E-state index contributed by atoms with van der Waals surface area (Å²) in [4.78, 5) is 2.39. The van der Waals surface area contributed by atoms with Crippen LogP contribution in [-0.2, 0) is 0 Å². The molecular weight excluding hydrogens is 719 g/mol. The van der Waals surface area contributed by atoms with Gasteiger partial charge in [0.15, 0.2) is 0 Å². The van der Waals surface area contributed by atoms with Crippen molar-refractivity contribution in [3.8, 4) is 33.4 Å². The fourth-order valence-corrected chi connectivity index (χ4v) is 9.14. The predicted molar refractivity (Wildman–Crippen MR) is 247 cm³/mol. The van der Waals surface area contributed by atoms with Gasteiger partial charge in [-0.05, 0) is 93.2 Å². The summed E-state index contributed by atoms with van der Waals surface area (Å²) in [6.07, 6.45) is 0. The molecule has 0 aliphatic heterocycles. The van der Waals surface area contributed by atoms with Crippen LogP contribution in [0.4, 0.5) is 17.1 Å². The molecule has 0 radical (unpaired) electrons. The first-order chi connectivity index (χ1) is 29.3. The molecule has 0 atom stereocenters. The van der Waals surface area contributed by atoms with Crippen molar-refractivity contribution in [2.45, 2.75) is 0 Å². The van der Waals surface area contributed by atoms with Crippen molar-refractivity contribution in [3.05, 3.63) is 212 Å². The number of furan rings is 2. The van der Waals surface area contributed by atoms with Gasteiger partial charge in [-0.15, -0.1) is 0 Å². The third-order valence-corrected chi connectivity index (χ3v) is 11.9. The molecule has 0 saturated carbocycles. The zero-order valence-electron chi connectivity index (χ0n) is 32.0. The maximum Gasteiger partial charge on any atom is 0.143 e. The normalized spacial score (nSPS) is 11.7. The van der Waals surface area contributed by atoms with Gasteiger partial charge in [-0.2, -0.15) is 0 Å². The molecule has 0 fully saturated rings. The third kappa shape index (κ3) is 5.36. The molecule has 0 spiro atoms. The Morgan fingerprint density at radius 1 is 0.305 bits per heavy atom. The Labute approximate surface area is 340 Å². The zero-order chi connectivity index (χ0) is 38.9. The van der Waals surface area contributed by atoms with Crippen LogP contribution in [0.2, 0.25) is 0 Å². The van der Waals surface area contributed by atoms with E-state index in [1.807, 2.05) is 0 Å². The summed E-state index contributed by atoms with van der Waals surface area (Å²) in [6.45, 7) is 0. The Balaban J connectivity index is 1.05. The topological polar surface area (TPSA) is 29.5 Å². The van der Waals surface area contributed by atoms with Gasteiger partial charge < -0.3 is 13.7 Å². The molecule has 3 nitrogen and oxygen atoms in total. The van der Waals surface area contributed by atoms with Gasteiger partial charge in [0.1, 0.15) is 22.3 Å². The van der Waals surface area contributed by atoms with Crippen LogP contribution in [0.25, 0.3) is 98.8 Å². The first-order valence-electron chi connectivity index (χ1n) is 20.1. The van der Waals surface area contributed by atoms with Crippen molar-refractivity contribution in [1.82, 2.24) is 0 Å². The summed E-state index contributed by atoms with van der Waals surface area (Å²) in [5, 5.41) is 9.07. The SMILES string of the molecule is c1ccc(-c2cccc(N(c3ccc(-c4cccc5oc6c7ccccc7ccc6c45)cc3)c3ccccc3-c3cccc4oc5c6ccccc6ccc5c34)c2)cc1. The average Bonchev–Trinajstić information content (AvgIpc) is 3.90. The van der Waals surface area contributed by atoms with E-state index in [9.17, 15) is 0 Å². The standard InChI is InChI=1S/C56H35NO2/c1-2-13-36(14-3-1)40-17-10-18-42(35-40)57(41-31-27-39(28-32-41)43-22-11-25-51-53(43)48-33-29-37-15-4-6-19-44(37)55(48)58-51)50-24-9-8-21-46(50)47-23-12-26-52-54(47)49-34-30-38-16-5-7-20-45(38)56(49)59-52/h1-35H. The van der Waals surface area contributed by atoms with Crippen LogP contribution >= 0.6 is 0 Å². The van der Waals surface area contributed by atoms with E-state index in [-0.39, 0.29) is 0 Å². The lowest BCUT2D eigenvalue weighted by Gasteiger charge is -2.28. The molecule has 276 valence electrons. The maximum absolute atomic E-state index is 6.67. The van der Waals surface area contributed by atoms with E-state index in [1.54, 1.807) is 0 Å². The fourth-order valence-electron chi connectivity index (χ4n) is 9.14. The summed E-state index contributed by atoms with van der Waals surface area (Å²) in [5.41, 5.74) is 13.6. The molecule has 0 unspecified atom stereocenters. The van der Waals surface area contributed by atoms with Crippen LogP contribution in [-0.4, -0.2) is 0 Å². The van der Waals surface area contributed by atoms with E-state index < -0.39 is 0 Å². The van der Waals surface area contributed by atoms with Gasteiger partial charge in [0.2, 0.25) is 0 Å². The number of nitrogens with zero attached hydrogens (tertiary/aromatic N) is 1. The molecule has 2 heterocycles. The first-order valence-corrected chi connectivity index (χ1v) is 20.1. The fraction of sp³-hybridized carbons (Fsp3) is 0. The van der Waals surface area contributed by atoms with E-state index in [2.05, 4.69) is 217 Å². The van der Waals surface area contributed by atoms with Crippen molar-refractivity contribution in [2.24, 2.45) is 0 Å². The average molecular weight is 754 g/mol. The van der Waals surface area contributed by atoms with Crippen LogP contribution in [0.1, 0.15) is 0 Å². The van der Waals surface area contributed by atoms with Crippen molar-refractivity contribution in [2.75, 3.05) is 4.90 Å². The van der Waals surface area contributed by atoms with Crippen molar-refractivity contribution >= 4 is 82.5 Å². The molecule has 2 aromatic heterocycles. The van der Waals surface area contributed by atoms with E-state index in [1.165, 1.54) is 16.3 Å². The Bertz CT molecular complexity index is 3560. The van der Waals surface area contributed by atoms with Gasteiger partial charge in [-0.1, -0.05) is 158 Å². The molecule has 12 aromatic rings. The summed E-state index contributed by atoms with van der Waals surface area (Å²) >= 11 is 0. The maximum atomic E-state index is 6.67. The highest BCUT2D eigenvalue weighted by Gasteiger charge is 2.22. The minimum Gasteiger partial charge on any atom is -0.455 e. The Kier molecular flexibility index (Phi) is 7.54. The van der Waals surface area contributed by atoms with E-state index in [0.717, 1.165) is 99.5 Å². The minimum absolute atomic E-state index is 0.875. The van der Waals surface area contributed by atoms with Gasteiger partial charge in [0.05, 0.1) is 5.69 Å². The van der Waals surface area contributed by atoms with Gasteiger partial charge >= 0.3 is 0 Å². The number of hydrogen-bond donors (Lipinski definition) is 0. The highest BCUT2D eigenvalue weighted by molar-refractivity contribution is 6.21. The molecule has 59 heavy (non-hydrogen) atoms. The molecule has 0 bridgehead atoms. The number of benzene rings is 10. The second-order valence-corrected chi connectivity index (χ2v) is 15.2. The van der Waals surface area contributed by atoms with Crippen LogP contribution in [0.3, 0.4) is 0 Å². The predicted octanol–water partition coefficient (Wildman–Crippen LogP) is 16.3.